The molecular formula is C22H20N2OS. The summed E-state index contributed by atoms with van der Waals surface area (Å²) in [6.07, 6.45) is 0.806. The van der Waals surface area contributed by atoms with Gasteiger partial charge >= 0.3 is 0 Å². The molecule has 2 aromatic carbocycles. The van der Waals surface area contributed by atoms with Gasteiger partial charge in [-0.05, 0) is 35.9 Å². The van der Waals surface area contributed by atoms with Gasteiger partial charge in [0.1, 0.15) is 0 Å². The van der Waals surface area contributed by atoms with Crippen LogP contribution in [0, 0.1) is 5.92 Å². The van der Waals surface area contributed by atoms with Gasteiger partial charge in [-0.15, -0.1) is 11.3 Å². The molecule has 1 aromatic heterocycles. The van der Waals surface area contributed by atoms with Crippen LogP contribution >= 0.6 is 11.3 Å². The molecule has 4 heteroatoms. The zero-order chi connectivity index (χ0) is 18.0. The molecule has 3 aromatic rings. The van der Waals surface area contributed by atoms with Crippen LogP contribution in [0.25, 0.3) is 0 Å². The molecule has 130 valence electrons. The zero-order valence-electron chi connectivity index (χ0n) is 14.6. The number of thiophene rings is 1. The van der Waals surface area contributed by atoms with E-state index in [0.717, 1.165) is 17.0 Å². The largest absolute Gasteiger partial charge is 0.273 e. The Hall–Kier alpha value is -2.72. The van der Waals surface area contributed by atoms with Crippen molar-refractivity contribution in [2.24, 2.45) is 11.0 Å². The van der Waals surface area contributed by atoms with Gasteiger partial charge in [-0.1, -0.05) is 66.7 Å². The van der Waals surface area contributed by atoms with Crippen molar-refractivity contribution in [3.8, 4) is 0 Å². The number of rotatable bonds is 5. The topological polar surface area (TPSA) is 41.5 Å². The van der Waals surface area contributed by atoms with E-state index in [9.17, 15) is 4.79 Å². The zero-order valence-corrected chi connectivity index (χ0v) is 15.4. The predicted octanol–water partition coefficient (Wildman–Crippen LogP) is 4.59. The van der Waals surface area contributed by atoms with Crippen LogP contribution in [0.2, 0.25) is 0 Å². The fourth-order valence-corrected chi connectivity index (χ4v) is 4.29. The summed E-state index contributed by atoms with van der Waals surface area (Å²) in [5, 5.41) is 6.32. The molecule has 26 heavy (non-hydrogen) atoms. The van der Waals surface area contributed by atoms with E-state index < -0.39 is 0 Å². The number of nitrogens with one attached hydrogen (secondary N) is 1. The van der Waals surface area contributed by atoms with E-state index in [-0.39, 0.29) is 17.2 Å². The van der Waals surface area contributed by atoms with Crippen LogP contribution in [0.1, 0.15) is 29.3 Å². The van der Waals surface area contributed by atoms with E-state index in [4.69, 9.17) is 0 Å². The molecular weight excluding hydrogens is 340 g/mol. The Bertz CT molecular complexity index is 878. The monoisotopic (exact) mass is 360 g/mol. The minimum atomic E-state index is -0.251. The lowest BCUT2D eigenvalue weighted by Gasteiger charge is -2.18. The average Bonchev–Trinajstić information content (AvgIpc) is 3.23. The van der Waals surface area contributed by atoms with Gasteiger partial charge in [0.15, 0.2) is 0 Å². The van der Waals surface area contributed by atoms with Gasteiger partial charge in [0, 0.05) is 10.3 Å². The molecule has 1 aliphatic rings. The normalized spacial score (nSPS) is 18.3. The van der Waals surface area contributed by atoms with E-state index >= 15 is 0 Å². The Morgan fingerprint density at radius 1 is 1.00 bits per heavy atom. The highest BCUT2D eigenvalue weighted by Crippen LogP contribution is 2.58. The number of nitrogens with zero attached hydrogens (tertiary/aromatic N) is 1. The van der Waals surface area contributed by atoms with Gasteiger partial charge in [-0.3, -0.25) is 4.79 Å². The smallest absolute Gasteiger partial charge is 0.244 e. The summed E-state index contributed by atoms with van der Waals surface area (Å²) in [6.45, 7) is 1.92. The molecule has 1 amide bonds. The van der Waals surface area contributed by atoms with Crippen molar-refractivity contribution in [1.82, 2.24) is 5.43 Å². The Labute approximate surface area is 157 Å². The molecule has 0 saturated heterocycles. The molecule has 0 radical (unpaired) electrons. The maximum atomic E-state index is 12.8. The van der Waals surface area contributed by atoms with Crippen molar-refractivity contribution in [3.63, 3.8) is 0 Å². The van der Waals surface area contributed by atoms with Crippen molar-refractivity contribution in [3.05, 3.63) is 94.2 Å². The highest BCUT2D eigenvalue weighted by atomic mass is 32.1. The van der Waals surface area contributed by atoms with Crippen LogP contribution < -0.4 is 5.43 Å². The van der Waals surface area contributed by atoms with Crippen LogP contribution in [-0.2, 0) is 10.2 Å². The molecule has 0 bridgehead atoms. The Balaban J connectivity index is 1.59. The van der Waals surface area contributed by atoms with Crippen molar-refractivity contribution in [2.45, 2.75) is 18.8 Å². The van der Waals surface area contributed by atoms with Crippen LogP contribution in [0.3, 0.4) is 0 Å². The first-order chi connectivity index (χ1) is 12.7. The molecule has 1 saturated carbocycles. The number of hydrazone groups is 1. The SMILES string of the molecule is CC(=NNC(=O)[C@H]1CC1(c1ccccc1)c1ccccc1)c1cccs1. The lowest BCUT2D eigenvalue weighted by molar-refractivity contribution is -0.122. The van der Waals surface area contributed by atoms with Crippen molar-refractivity contribution in [2.75, 3.05) is 0 Å². The molecule has 1 aliphatic carbocycles. The van der Waals surface area contributed by atoms with Crippen molar-refractivity contribution in [1.29, 1.82) is 0 Å². The molecule has 3 nitrogen and oxygen atoms in total. The van der Waals surface area contributed by atoms with Crippen molar-refractivity contribution < 1.29 is 4.79 Å². The highest BCUT2D eigenvalue weighted by molar-refractivity contribution is 7.12. The average molecular weight is 360 g/mol. The van der Waals surface area contributed by atoms with Gasteiger partial charge in [-0.25, -0.2) is 5.43 Å². The first-order valence-corrected chi connectivity index (χ1v) is 9.59. The highest BCUT2D eigenvalue weighted by Gasteiger charge is 2.60. The van der Waals surface area contributed by atoms with Crippen LogP contribution in [0.4, 0.5) is 0 Å². The molecule has 4 rings (SSSR count). The minimum absolute atomic E-state index is 0.0198. The van der Waals surface area contributed by atoms with Gasteiger partial charge in [0.25, 0.3) is 0 Å². The van der Waals surface area contributed by atoms with E-state index in [0.29, 0.717) is 0 Å². The number of hydrogen-bond donors (Lipinski definition) is 1. The van der Waals surface area contributed by atoms with E-state index in [1.165, 1.54) is 11.1 Å². The van der Waals surface area contributed by atoms with Gasteiger partial charge in [0.05, 0.1) is 11.6 Å². The maximum Gasteiger partial charge on any atom is 0.244 e. The summed E-state index contributed by atoms with van der Waals surface area (Å²) in [4.78, 5) is 13.9. The van der Waals surface area contributed by atoms with Gasteiger partial charge < -0.3 is 0 Å². The summed E-state index contributed by atoms with van der Waals surface area (Å²) in [6, 6.07) is 24.6. The lowest BCUT2D eigenvalue weighted by Crippen LogP contribution is -2.26. The Morgan fingerprint density at radius 3 is 2.15 bits per heavy atom. The molecule has 0 unspecified atom stereocenters. The van der Waals surface area contributed by atoms with Crippen LogP contribution in [-0.4, -0.2) is 11.6 Å². The molecule has 1 N–H and O–H groups in total. The summed E-state index contributed by atoms with van der Waals surface area (Å²) in [7, 11) is 0. The predicted molar refractivity (Wildman–Crippen MR) is 106 cm³/mol. The van der Waals surface area contributed by atoms with Gasteiger partial charge in [-0.2, -0.15) is 5.10 Å². The number of benzene rings is 2. The molecule has 1 heterocycles. The fourth-order valence-electron chi connectivity index (χ4n) is 3.61. The minimum Gasteiger partial charge on any atom is -0.273 e. The first-order valence-electron chi connectivity index (χ1n) is 8.71. The second-order valence-electron chi connectivity index (χ2n) is 6.61. The van der Waals surface area contributed by atoms with E-state index in [2.05, 4.69) is 34.8 Å². The molecule has 1 fully saturated rings. The second kappa shape index (κ2) is 6.89. The lowest BCUT2D eigenvalue weighted by atomic mass is 9.85. The first kappa shape index (κ1) is 16.7. The summed E-state index contributed by atoms with van der Waals surface area (Å²) in [5.41, 5.74) is 5.73. The van der Waals surface area contributed by atoms with E-state index in [1.54, 1.807) is 11.3 Å². The summed E-state index contributed by atoms with van der Waals surface area (Å²) < 4.78 is 0. The third-order valence-corrected chi connectivity index (χ3v) is 6.05. The quantitative estimate of drug-likeness (QED) is 0.524. The number of carbonyl (C=O) groups excluding carboxylic acids is 1. The number of carbonyl (C=O) groups is 1. The Kier molecular flexibility index (Phi) is 4.43. The van der Waals surface area contributed by atoms with Gasteiger partial charge in [0.2, 0.25) is 5.91 Å². The molecule has 1 atom stereocenters. The van der Waals surface area contributed by atoms with Crippen LogP contribution in [0.5, 0.6) is 0 Å². The number of amides is 1. The third-order valence-electron chi connectivity index (χ3n) is 5.07. The fraction of sp³-hybridized carbons (Fsp3) is 0.182. The molecule has 0 spiro atoms. The second-order valence-corrected chi connectivity index (χ2v) is 7.56. The van der Waals surface area contributed by atoms with Crippen molar-refractivity contribution >= 4 is 23.0 Å². The maximum absolute atomic E-state index is 12.8. The third kappa shape index (κ3) is 2.97. The molecule has 0 aliphatic heterocycles. The summed E-state index contributed by atoms with van der Waals surface area (Å²) in [5.74, 6) is -0.124. The Morgan fingerprint density at radius 2 is 1.62 bits per heavy atom. The summed E-state index contributed by atoms with van der Waals surface area (Å²) >= 11 is 1.62. The van der Waals surface area contributed by atoms with E-state index in [1.807, 2.05) is 60.8 Å². The number of hydrogen-bond acceptors (Lipinski definition) is 3. The van der Waals surface area contributed by atoms with Crippen LogP contribution in [0.15, 0.2) is 83.3 Å². The standard InChI is InChI=1S/C22H20N2OS/c1-16(20-13-8-14-26-20)23-24-21(25)19-15-22(19,17-9-4-2-5-10-17)18-11-6-3-7-12-18/h2-14,19H,15H2,1H3,(H,24,25)/t19-/m1/s1.